The van der Waals surface area contributed by atoms with E-state index in [0.29, 0.717) is 12.6 Å². The van der Waals surface area contributed by atoms with Gasteiger partial charge >= 0.3 is 0 Å². The van der Waals surface area contributed by atoms with Gasteiger partial charge in [-0.15, -0.1) is 0 Å². The fraction of sp³-hybridized carbons (Fsp3) is 0.571. The number of nitrogen functional groups attached to an aromatic ring is 1. The number of nitrogens with two attached hydrogens (primary N) is 1. The number of ether oxygens (including phenoxy) is 1. The first-order valence-corrected chi connectivity index (χ1v) is 6.63. The van der Waals surface area contributed by atoms with E-state index in [0.717, 1.165) is 30.9 Å². The Balaban J connectivity index is 1.75. The number of aliphatic hydroxyl groups is 1. The molecule has 18 heavy (non-hydrogen) atoms. The summed E-state index contributed by atoms with van der Waals surface area (Å²) in [5.41, 5.74) is 6.37. The molecule has 100 valence electrons. The minimum atomic E-state index is 0.252. The molecule has 3 N–H and O–H groups in total. The molecule has 1 aromatic rings. The van der Waals surface area contributed by atoms with E-state index in [4.69, 9.17) is 10.5 Å². The summed E-state index contributed by atoms with van der Waals surface area (Å²) in [7, 11) is 0. The maximum absolute atomic E-state index is 9.31. The van der Waals surface area contributed by atoms with Crippen LogP contribution in [0.2, 0.25) is 0 Å². The van der Waals surface area contributed by atoms with E-state index in [9.17, 15) is 5.11 Å². The Morgan fingerprint density at radius 3 is 2.78 bits per heavy atom. The maximum atomic E-state index is 9.31. The van der Waals surface area contributed by atoms with E-state index >= 15 is 0 Å². The minimum absolute atomic E-state index is 0.252. The molecule has 2 rings (SSSR count). The van der Waals surface area contributed by atoms with Crippen molar-refractivity contribution in [1.82, 2.24) is 4.90 Å². The fourth-order valence-corrected chi connectivity index (χ4v) is 2.41. The van der Waals surface area contributed by atoms with E-state index in [-0.39, 0.29) is 6.61 Å². The third-order valence-corrected chi connectivity index (χ3v) is 3.49. The van der Waals surface area contributed by atoms with E-state index < -0.39 is 0 Å². The molecule has 1 saturated heterocycles. The highest BCUT2D eigenvalue weighted by molar-refractivity contribution is 5.41. The van der Waals surface area contributed by atoms with Crippen LogP contribution in [0, 0.1) is 0 Å². The first-order chi connectivity index (χ1) is 8.79. The Morgan fingerprint density at radius 1 is 1.28 bits per heavy atom. The summed E-state index contributed by atoms with van der Waals surface area (Å²) < 4.78 is 5.68. The van der Waals surface area contributed by atoms with Crippen molar-refractivity contribution in [3.05, 3.63) is 24.3 Å². The topological polar surface area (TPSA) is 58.7 Å². The van der Waals surface area contributed by atoms with Crippen LogP contribution in [0.4, 0.5) is 5.69 Å². The fourth-order valence-electron chi connectivity index (χ4n) is 2.41. The highest BCUT2D eigenvalue weighted by atomic mass is 16.5. The van der Waals surface area contributed by atoms with E-state index in [2.05, 4.69) is 4.90 Å². The molecule has 1 aromatic carbocycles. The zero-order valence-electron chi connectivity index (χ0n) is 10.7. The van der Waals surface area contributed by atoms with Crippen molar-refractivity contribution in [2.24, 2.45) is 0 Å². The summed E-state index contributed by atoms with van der Waals surface area (Å²) in [6.45, 7) is 2.84. The molecule has 0 spiro atoms. The summed E-state index contributed by atoms with van der Waals surface area (Å²) >= 11 is 0. The summed E-state index contributed by atoms with van der Waals surface area (Å²) in [5, 5.41) is 9.31. The Hall–Kier alpha value is -1.26. The number of benzene rings is 1. The van der Waals surface area contributed by atoms with Gasteiger partial charge in [-0.1, -0.05) is 6.42 Å². The van der Waals surface area contributed by atoms with E-state index in [1.54, 1.807) is 0 Å². The van der Waals surface area contributed by atoms with Crippen molar-refractivity contribution in [3.8, 4) is 5.75 Å². The van der Waals surface area contributed by atoms with Gasteiger partial charge in [0.1, 0.15) is 12.4 Å². The first-order valence-electron chi connectivity index (χ1n) is 6.63. The molecule has 0 aromatic heterocycles. The zero-order chi connectivity index (χ0) is 12.8. The van der Waals surface area contributed by atoms with Gasteiger partial charge in [0.15, 0.2) is 0 Å². The van der Waals surface area contributed by atoms with Crippen molar-refractivity contribution in [3.63, 3.8) is 0 Å². The molecule has 0 saturated carbocycles. The van der Waals surface area contributed by atoms with Crippen LogP contribution in [0.5, 0.6) is 5.75 Å². The summed E-state index contributed by atoms with van der Waals surface area (Å²) in [4.78, 5) is 2.32. The molecule has 1 heterocycles. The molecule has 1 aliphatic heterocycles. The number of anilines is 1. The molecule has 1 aliphatic rings. The lowest BCUT2D eigenvalue weighted by Crippen LogP contribution is -2.43. The molecular formula is C14H22N2O2. The second-order valence-corrected chi connectivity index (χ2v) is 4.79. The third kappa shape index (κ3) is 3.62. The van der Waals surface area contributed by atoms with Gasteiger partial charge in [-0.05, 0) is 43.7 Å². The van der Waals surface area contributed by atoms with Crippen molar-refractivity contribution >= 4 is 5.69 Å². The average molecular weight is 250 g/mol. The quantitative estimate of drug-likeness (QED) is 0.777. The largest absolute Gasteiger partial charge is 0.492 e. The van der Waals surface area contributed by atoms with Crippen LogP contribution in [0.25, 0.3) is 0 Å². The number of hydrogen-bond donors (Lipinski definition) is 2. The lowest BCUT2D eigenvalue weighted by atomic mass is 10.0. The van der Waals surface area contributed by atoms with E-state index in [1.165, 1.54) is 12.8 Å². The molecule has 1 unspecified atom stereocenters. The third-order valence-electron chi connectivity index (χ3n) is 3.49. The van der Waals surface area contributed by atoms with Crippen molar-refractivity contribution in [1.29, 1.82) is 0 Å². The molecule has 0 amide bonds. The minimum Gasteiger partial charge on any atom is -0.492 e. The average Bonchev–Trinajstić information content (AvgIpc) is 2.41. The van der Waals surface area contributed by atoms with Gasteiger partial charge in [0.25, 0.3) is 0 Å². The number of nitrogens with zero attached hydrogens (tertiary/aromatic N) is 1. The first kappa shape index (κ1) is 13.2. The van der Waals surface area contributed by atoms with Crippen molar-refractivity contribution in [2.75, 3.05) is 32.0 Å². The van der Waals surface area contributed by atoms with Crippen LogP contribution in [-0.2, 0) is 0 Å². The maximum Gasteiger partial charge on any atom is 0.119 e. The van der Waals surface area contributed by atoms with Crippen LogP contribution in [-0.4, -0.2) is 42.4 Å². The van der Waals surface area contributed by atoms with Gasteiger partial charge in [-0.2, -0.15) is 0 Å². The molecule has 0 radical (unpaired) electrons. The zero-order valence-corrected chi connectivity index (χ0v) is 10.7. The van der Waals surface area contributed by atoms with Crippen LogP contribution < -0.4 is 10.5 Å². The number of piperidine rings is 1. The van der Waals surface area contributed by atoms with Crippen LogP contribution in [0.1, 0.15) is 19.3 Å². The molecule has 4 nitrogen and oxygen atoms in total. The van der Waals surface area contributed by atoms with Gasteiger partial charge in [-0.3, -0.25) is 4.90 Å². The van der Waals surface area contributed by atoms with Crippen LogP contribution in [0.3, 0.4) is 0 Å². The number of likely N-dealkylation sites (tertiary alicyclic amines) is 1. The summed E-state index contributed by atoms with van der Waals surface area (Å²) in [5.74, 6) is 0.849. The second-order valence-electron chi connectivity index (χ2n) is 4.79. The summed E-state index contributed by atoms with van der Waals surface area (Å²) in [6.07, 6.45) is 3.54. The van der Waals surface area contributed by atoms with Crippen molar-refractivity contribution < 1.29 is 9.84 Å². The van der Waals surface area contributed by atoms with Gasteiger partial charge < -0.3 is 15.6 Å². The standard InChI is InChI=1S/C14H22N2O2/c15-12-4-6-14(7-5-12)18-10-9-16-8-2-1-3-13(16)11-17/h4-7,13,17H,1-3,8-11,15H2. The molecule has 0 bridgehead atoms. The van der Waals surface area contributed by atoms with Gasteiger partial charge in [0.05, 0.1) is 6.61 Å². The van der Waals surface area contributed by atoms with Crippen LogP contribution in [0.15, 0.2) is 24.3 Å². The summed E-state index contributed by atoms with van der Waals surface area (Å²) in [6, 6.07) is 7.76. The molecule has 4 heteroatoms. The SMILES string of the molecule is Nc1ccc(OCCN2CCCCC2CO)cc1. The monoisotopic (exact) mass is 250 g/mol. The molecule has 1 fully saturated rings. The normalized spacial score (nSPS) is 20.8. The van der Waals surface area contributed by atoms with Gasteiger partial charge in [-0.25, -0.2) is 0 Å². The number of aliphatic hydroxyl groups excluding tert-OH is 1. The number of rotatable bonds is 5. The highest BCUT2D eigenvalue weighted by Gasteiger charge is 2.20. The molecular weight excluding hydrogens is 228 g/mol. The smallest absolute Gasteiger partial charge is 0.119 e. The van der Waals surface area contributed by atoms with Gasteiger partial charge in [0, 0.05) is 18.3 Å². The molecule has 1 atom stereocenters. The Morgan fingerprint density at radius 2 is 2.06 bits per heavy atom. The Bertz CT molecular complexity index is 353. The van der Waals surface area contributed by atoms with Crippen molar-refractivity contribution in [2.45, 2.75) is 25.3 Å². The van der Waals surface area contributed by atoms with E-state index in [1.807, 2.05) is 24.3 Å². The lowest BCUT2D eigenvalue weighted by Gasteiger charge is -2.34. The van der Waals surface area contributed by atoms with Gasteiger partial charge in [0.2, 0.25) is 0 Å². The Labute approximate surface area is 108 Å². The second kappa shape index (κ2) is 6.61. The Kier molecular flexibility index (Phi) is 4.84. The van der Waals surface area contributed by atoms with Crippen LogP contribution >= 0.6 is 0 Å². The lowest BCUT2D eigenvalue weighted by molar-refractivity contribution is 0.0773. The highest BCUT2D eigenvalue weighted by Crippen LogP contribution is 2.17. The predicted octanol–water partition coefficient (Wildman–Crippen LogP) is 1.49. The molecule has 0 aliphatic carbocycles. The number of hydrogen-bond acceptors (Lipinski definition) is 4. The predicted molar refractivity (Wildman–Crippen MR) is 72.6 cm³/mol.